The molecule has 1 aromatic carbocycles. The number of aryl methyl sites for hydroxylation is 1. The summed E-state index contributed by atoms with van der Waals surface area (Å²) in [7, 11) is 0. The molecule has 1 rings (SSSR count). The number of halogens is 2. The Morgan fingerprint density at radius 2 is 1.80 bits per heavy atom. The van der Waals surface area contributed by atoms with Crippen LogP contribution in [-0.2, 0) is 6.42 Å². The first-order valence-corrected chi connectivity index (χ1v) is 5.72. The van der Waals surface area contributed by atoms with Gasteiger partial charge in [0.1, 0.15) is 10.8 Å². The summed E-state index contributed by atoms with van der Waals surface area (Å²) in [5.74, 6) is -0.352. The molecule has 0 unspecified atom stereocenters. The van der Waals surface area contributed by atoms with Crippen molar-refractivity contribution in [1.29, 1.82) is 0 Å². The fraction of sp³-hybridized carbons (Fsp3) is 0.455. The fourth-order valence-corrected chi connectivity index (χ4v) is 1.85. The van der Waals surface area contributed by atoms with Gasteiger partial charge in [0.25, 0.3) is 0 Å². The minimum Gasteiger partial charge on any atom is -0.506 e. The molecule has 0 aliphatic carbocycles. The van der Waals surface area contributed by atoms with Gasteiger partial charge in [-0.2, -0.15) is 0 Å². The third-order valence-corrected chi connectivity index (χ3v) is 3.08. The van der Waals surface area contributed by atoms with Crippen LogP contribution >= 0.6 is 23.2 Å². The Bertz CT molecular complexity index is 351. The third-order valence-electron chi connectivity index (χ3n) is 2.28. The Labute approximate surface area is 99.5 Å². The number of phenolic OH excluding ortho intramolecular Hbond substituents is 2. The molecule has 1 aromatic rings. The first-order chi connectivity index (χ1) is 7.07. The molecule has 4 heteroatoms. The largest absolute Gasteiger partial charge is 0.506 e. The van der Waals surface area contributed by atoms with Crippen molar-refractivity contribution in [3.05, 3.63) is 21.7 Å². The predicted octanol–water partition coefficient (Wildman–Crippen LogP) is 4.14. The topological polar surface area (TPSA) is 40.5 Å². The van der Waals surface area contributed by atoms with E-state index in [-0.39, 0.29) is 21.5 Å². The van der Waals surface area contributed by atoms with E-state index >= 15 is 0 Å². The van der Waals surface area contributed by atoms with Crippen molar-refractivity contribution in [1.82, 2.24) is 0 Å². The van der Waals surface area contributed by atoms with E-state index in [9.17, 15) is 10.2 Å². The van der Waals surface area contributed by atoms with E-state index in [2.05, 4.69) is 6.92 Å². The number of unbranched alkanes of at least 4 members (excludes halogenated alkanes) is 2. The summed E-state index contributed by atoms with van der Waals surface area (Å²) < 4.78 is 0. The predicted molar refractivity (Wildman–Crippen MR) is 63.0 cm³/mol. The van der Waals surface area contributed by atoms with Crippen LogP contribution in [-0.4, -0.2) is 10.2 Å². The van der Waals surface area contributed by atoms with Crippen molar-refractivity contribution in [3.63, 3.8) is 0 Å². The molecule has 0 atom stereocenters. The number of phenols is 2. The summed E-state index contributed by atoms with van der Waals surface area (Å²) >= 11 is 11.5. The Hall–Kier alpha value is -0.600. The van der Waals surface area contributed by atoms with Crippen molar-refractivity contribution in [3.8, 4) is 11.5 Å². The van der Waals surface area contributed by atoms with Gasteiger partial charge in [0.2, 0.25) is 0 Å². The minimum atomic E-state index is -0.232. The van der Waals surface area contributed by atoms with Crippen LogP contribution in [0.1, 0.15) is 31.7 Å². The highest BCUT2D eigenvalue weighted by molar-refractivity contribution is 6.38. The van der Waals surface area contributed by atoms with Gasteiger partial charge in [0.05, 0.1) is 5.02 Å². The van der Waals surface area contributed by atoms with Crippen LogP contribution in [0.3, 0.4) is 0 Å². The molecular formula is C11H14Cl2O2. The monoisotopic (exact) mass is 248 g/mol. The van der Waals surface area contributed by atoms with Crippen molar-refractivity contribution in [2.45, 2.75) is 32.6 Å². The summed E-state index contributed by atoms with van der Waals surface area (Å²) in [4.78, 5) is 0. The summed E-state index contributed by atoms with van der Waals surface area (Å²) in [5, 5.41) is 19.1. The van der Waals surface area contributed by atoms with Crippen LogP contribution in [0.5, 0.6) is 11.5 Å². The Morgan fingerprint density at radius 3 is 2.40 bits per heavy atom. The van der Waals surface area contributed by atoms with Crippen molar-refractivity contribution in [2.24, 2.45) is 0 Å². The molecule has 0 aromatic heterocycles. The molecule has 0 spiro atoms. The molecule has 0 aliphatic heterocycles. The van der Waals surface area contributed by atoms with Crippen molar-refractivity contribution >= 4 is 23.2 Å². The van der Waals surface area contributed by atoms with E-state index < -0.39 is 0 Å². The van der Waals surface area contributed by atoms with E-state index in [0.717, 1.165) is 31.2 Å². The van der Waals surface area contributed by atoms with Crippen LogP contribution in [0.4, 0.5) is 0 Å². The summed E-state index contributed by atoms with van der Waals surface area (Å²) in [5.41, 5.74) is 0.740. The molecule has 2 N–H and O–H groups in total. The number of hydrogen-bond donors (Lipinski definition) is 2. The number of rotatable bonds is 4. The lowest BCUT2D eigenvalue weighted by Crippen LogP contribution is -1.88. The van der Waals surface area contributed by atoms with Crippen LogP contribution in [0.2, 0.25) is 10.0 Å². The van der Waals surface area contributed by atoms with Gasteiger partial charge in [-0.3, -0.25) is 0 Å². The fourth-order valence-electron chi connectivity index (χ4n) is 1.41. The van der Waals surface area contributed by atoms with Gasteiger partial charge in [-0.25, -0.2) is 0 Å². The lowest BCUT2D eigenvalue weighted by Gasteiger charge is -2.08. The molecule has 15 heavy (non-hydrogen) atoms. The molecule has 0 saturated heterocycles. The van der Waals surface area contributed by atoms with Crippen LogP contribution in [0.25, 0.3) is 0 Å². The minimum absolute atomic E-state index is 0.0840. The first-order valence-electron chi connectivity index (χ1n) is 4.96. The summed E-state index contributed by atoms with van der Waals surface area (Å²) in [6.07, 6.45) is 3.94. The Balaban J connectivity index is 2.89. The first kappa shape index (κ1) is 12.5. The number of hydrogen-bond acceptors (Lipinski definition) is 2. The third kappa shape index (κ3) is 2.93. The molecule has 0 radical (unpaired) electrons. The van der Waals surface area contributed by atoms with Crippen molar-refractivity contribution in [2.75, 3.05) is 0 Å². The van der Waals surface area contributed by atoms with Crippen molar-refractivity contribution < 1.29 is 10.2 Å². The average Bonchev–Trinajstić information content (AvgIpc) is 2.23. The van der Waals surface area contributed by atoms with Gasteiger partial charge in [0, 0.05) is 0 Å². The van der Waals surface area contributed by atoms with E-state index in [0.29, 0.717) is 0 Å². The molecule has 84 valence electrons. The molecule has 2 nitrogen and oxygen atoms in total. The molecule has 0 bridgehead atoms. The molecule has 0 aliphatic rings. The lowest BCUT2D eigenvalue weighted by molar-refractivity contribution is 0.449. The highest BCUT2D eigenvalue weighted by Crippen LogP contribution is 2.41. The second-order valence-electron chi connectivity index (χ2n) is 3.49. The zero-order valence-corrected chi connectivity index (χ0v) is 10.1. The summed E-state index contributed by atoms with van der Waals surface area (Å²) in [6.45, 7) is 2.11. The summed E-state index contributed by atoms with van der Waals surface area (Å²) in [6, 6.07) is 1.51. The van der Waals surface area contributed by atoms with E-state index in [1.54, 1.807) is 0 Å². The van der Waals surface area contributed by atoms with Gasteiger partial charge in [-0.1, -0.05) is 43.0 Å². The average molecular weight is 249 g/mol. The Morgan fingerprint density at radius 1 is 1.13 bits per heavy atom. The smallest absolute Gasteiger partial charge is 0.156 e. The maximum absolute atomic E-state index is 9.50. The zero-order chi connectivity index (χ0) is 11.4. The molecule has 0 amide bonds. The van der Waals surface area contributed by atoms with E-state index in [1.165, 1.54) is 6.07 Å². The standard InChI is InChI=1S/C11H14Cl2O2/c1-2-3-4-5-7-6-8(14)10(13)11(15)9(7)12/h6,14-15H,2-5H2,1H3. The highest BCUT2D eigenvalue weighted by Gasteiger charge is 2.13. The van der Waals surface area contributed by atoms with Gasteiger partial charge in [0.15, 0.2) is 5.75 Å². The highest BCUT2D eigenvalue weighted by atomic mass is 35.5. The van der Waals surface area contributed by atoms with E-state index in [1.807, 2.05) is 0 Å². The molecule has 0 heterocycles. The Kier molecular flexibility index (Phi) is 4.55. The normalized spacial score (nSPS) is 10.6. The SMILES string of the molecule is CCCCCc1cc(O)c(Cl)c(O)c1Cl. The van der Waals surface area contributed by atoms with E-state index in [4.69, 9.17) is 23.2 Å². The molecule has 0 saturated carbocycles. The quantitative estimate of drug-likeness (QED) is 0.787. The second-order valence-corrected chi connectivity index (χ2v) is 4.24. The number of benzene rings is 1. The molecule has 0 fully saturated rings. The van der Waals surface area contributed by atoms with Crippen LogP contribution < -0.4 is 0 Å². The maximum Gasteiger partial charge on any atom is 0.156 e. The van der Waals surface area contributed by atoms with Gasteiger partial charge < -0.3 is 10.2 Å². The van der Waals surface area contributed by atoms with Gasteiger partial charge >= 0.3 is 0 Å². The van der Waals surface area contributed by atoms with Gasteiger partial charge in [-0.05, 0) is 24.5 Å². The van der Waals surface area contributed by atoms with Gasteiger partial charge in [-0.15, -0.1) is 0 Å². The number of aromatic hydroxyl groups is 2. The lowest BCUT2D eigenvalue weighted by atomic mass is 10.1. The maximum atomic E-state index is 9.50. The van der Waals surface area contributed by atoms with Crippen LogP contribution in [0, 0.1) is 0 Å². The molecular weight excluding hydrogens is 235 g/mol. The second kappa shape index (κ2) is 5.47. The van der Waals surface area contributed by atoms with Crippen LogP contribution in [0.15, 0.2) is 6.07 Å². The zero-order valence-electron chi connectivity index (χ0n) is 8.56.